The molecule has 4 nitrogen and oxygen atoms in total. The highest BCUT2D eigenvalue weighted by atomic mass is 32.1. The molecule has 3 rings (SSSR count). The van der Waals surface area contributed by atoms with E-state index >= 15 is 0 Å². The first kappa shape index (κ1) is 14.0. The van der Waals surface area contributed by atoms with Crippen molar-refractivity contribution in [3.8, 4) is 0 Å². The second-order valence-electron chi connectivity index (χ2n) is 5.94. The van der Waals surface area contributed by atoms with Crippen LogP contribution in [0.3, 0.4) is 0 Å². The molecule has 1 saturated heterocycles. The number of hydrogen-bond donors (Lipinski definition) is 1. The maximum absolute atomic E-state index is 12.2. The quantitative estimate of drug-likeness (QED) is 0.895. The van der Waals surface area contributed by atoms with Gasteiger partial charge in [0.2, 0.25) is 5.91 Å². The van der Waals surface area contributed by atoms with Gasteiger partial charge in [0, 0.05) is 50.1 Å². The molecule has 1 aromatic rings. The van der Waals surface area contributed by atoms with E-state index in [1.165, 1.54) is 17.7 Å². The van der Waals surface area contributed by atoms with Gasteiger partial charge in [-0.2, -0.15) is 0 Å². The summed E-state index contributed by atoms with van der Waals surface area (Å²) >= 11 is 1.80. The highest BCUT2D eigenvalue weighted by Crippen LogP contribution is 2.33. The lowest BCUT2D eigenvalue weighted by atomic mass is 10.1. The highest BCUT2D eigenvalue weighted by molar-refractivity contribution is 7.09. The van der Waals surface area contributed by atoms with Gasteiger partial charge in [-0.05, 0) is 30.2 Å². The highest BCUT2D eigenvalue weighted by Gasteiger charge is 2.31. The molecule has 0 bridgehead atoms. The summed E-state index contributed by atoms with van der Waals surface area (Å²) in [5.74, 6) is 0.860. The van der Waals surface area contributed by atoms with Crippen LogP contribution >= 0.6 is 11.3 Å². The number of nitrogens with two attached hydrogens (primary N) is 1. The number of hydrogen-bond acceptors (Lipinski definition) is 4. The minimum absolute atomic E-state index is 0.0895. The lowest BCUT2D eigenvalue weighted by molar-refractivity contribution is -0.133. The van der Waals surface area contributed by atoms with E-state index in [2.05, 4.69) is 22.4 Å². The number of carbonyl (C=O) groups excluding carboxylic acids is 1. The largest absolute Gasteiger partial charge is 0.340 e. The maximum Gasteiger partial charge on any atom is 0.224 e. The van der Waals surface area contributed by atoms with Crippen molar-refractivity contribution in [1.29, 1.82) is 0 Å². The SMILES string of the molecule is NC(CC(=O)N1CCN(Cc2cccs2)CC1)C1CC1. The van der Waals surface area contributed by atoms with Gasteiger partial charge in [-0.1, -0.05) is 6.07 Å². The van der Waals surface area contributed by atoms with Crippen molar-refractivity contribution < 1.29 is 4.79 Å². The molecule has 1 aromatic heterocycles. The van der Waals surface area contributed by atoms with E-state index in [4.69, 9.17) is 5.73 Å². The summed E-state index contributed by atoms with van der Waals surface area (Å²) in [4.78, 5) is 18.0. The van der Waals surface area contributed by atoms with Crippen LogP contribution in [-0.4, -0.2) is 47.9 Å². The molecule has 110 valence electrons. The summed E-state index contributed by atoms with van der Waals surface area (Å²) in [6.07, 6.45) is 2.96. The zero-order chi connectivity index (χ0) is 13.9. The van der Waals surface area contributed by atoms with Crippen molar-refractivity contribution >= 4 is 17.2 Å². The van der Waals surface area contributed by atoms with E-state index < -0.39 is 0 Å². The van der Waals surface area contributed by atoms with Crippen molar-refractivity contribution in [2.45, 2.75) is 31.8 Å². The van der Waals surface area contributed by atoms with Gasteiger partial charge < -0.3 is 10.6 Å². The standard InChI is InChI=1S/C15H23N3OS/c16-14(12-3-4-12)10-15(19)18-7-5-17(6-8-18)11-13-2-1-9-20-13/h1-2,9,12,14H,3-8,10-11,16H2. The maximum atomic E-state index is 12.2. The first-order chi connectivity index (χ1) is 9.72. The molecule has 0 aromatic carbocycles. The van der Waals surface area contributed by atoms with Crippen LogP contribution in [-0.2, 0) is 11.3 Å². The smallest absolute Gasteiger partial charge is 0.224 e. The zero-order valence-corrected chi connectivity index (χ0v) is 12.6. The monoisotopic (exact) mass is 293 g/mol. The third-order valence-electron chi connectivity index (χ3n) is 4.32. The van der Waals surface area contributed by atoms with E-state index in [-0.39, 0.29) is 11.9 Å². The van der Waals surface area contributed by atoms with Crippen LogP contribution in [0.15, 0.2) is 17.5 Å². The van der Waals surface area contributed by atoms with Gasteiger partial charge in [-0.3, -0.25) is 9.69 Å². The van der Waals surface area contributed by atoms with Crippen LogP contribution in [0.2, 0.25) is 0 Å². The summed E-state index contributed by atoms with van der Waals surface area (Å²) in [7, 11) is 0. The molecule has 2 N–H and O–H groups in total. The Balaban J connectivity index is 1.42. The third-order valence-corrected chi connectivity index (χ3v) is 5.18. The van der Waals surface area contributed by atoms with Crippen LogP contribution in [0.25, 0.3) is 0 Å². The van der Waals surface area contributed by atoms with E-state index in [0.717, 1.165) is 32.7 Å². The Hall–Kier alpha value is -0.910. The Morgan fingerprint density at radius 3 is 2.70 bits per heavy atom. The summed E-state index contributed by atoms with van der Waals surface area (Å²) < 4.78 is 0. The molecule has 1 amide bonds. The Bertz CT molecular complexity index is 436. The Morgan fingerprint density at radius 1 is 1.35 bits per heavy atom. The molecule has 2 fully saturated rings. The van der Waals surface area contributed by atoms with Crippen molar-refractivity contribution in [2.75, 3.05) is 26.2 Å². The normalized spacial score (nSPS) is 21.9. The fourth-order valence-corrected chi connectivity index (χ4v) is 3.55. The average molecular weight is 293 g/mol. The number of nitrogens with zero attached hydrogens (tertiary/aromatic N) is 2. The summed E-state index contributed by atoms with van der Waals surface area (Å²) in [6, 6.07) is 4.36. The molecule has 20 heavy (non-hydrogen) atoms. The predicted molar refractivity (Wildman–Crippen MR) is 81.5 cm³/mol. The van der Waals surface area contributed by atoms with Gasteiger partial charge in [0.15, 0.2) is 0 Å². The minimum Gasteiger partial charge on any atom is -0.340 e. The molecule has 1 atom stereocenters. The van der Waals surface area contributed by atoms with Crippen molar-refractivity contribution in [3.63, 3.8) is 0 Å². The van der Waals surface area contributed by atoms with Gasteiger partial charge >= 0.3 is 0 Å². The molecular formula is C15H23N3OS. The lowest BCUT2D eigenvalue weighted by Crippen LogP contribution is -2.49. The molecule has 1 aliphatic heterocycles. The van der Waals surface area contributed by atoms with Gasteiger partial charge in [0.05, 0.1) is 0 Å². The number of amides is 1. The predicted octanol–water partition coefficient (Wildman–Crippen LogP) is 1.52. The lowest BCUT2D eigenvalue weighted by Gasteiger charge is -2.35. The van der Waals surface area contributed by atoms with Crippen molar-refractivity contribution in [1.82, 2.24) is 9.80 Å². The second-order valence-corrected chi connectivity index (χ2v) is 6.97. The van der Waals surface area contributed by atoms with E-state index in [9.17, 15) is 4.79 Å². The topological polar surface area (TPSA) is 49.6 Å². The van der Waals surface area contributed by atoms with Crippen LogP contribution in [0.5, 0.6) is 0 Å². The summed E-state index contributed by atoms with van der Waals surface area (Å²) in [6.45, 7) is 4.66. The molecule has 2 heterocycles. The van der Waals surface area contributed by atoms with Crippen molar-refractivity contribution in [3.05, 3.63) is 22.4 Å². The van der Waals surface area contributed by atoms with Crippen LogP contribution < -0.4 is 5.73 Å². The third kappa shape index (κ3) is 3.59. The van der Waals surface area contributed by atoms with Gasteiger partial charge in [-0.25, -0.2) is 0 Å². The molecule has 0 spiro atoms. The summed E-state index contributed by atoms with van der Waals surface area (Å²) in [5, 5.41) is 2.12. The van der Waals surface area contributed by atoms with E-state index in [1.807, 2.05) is 4.90 Å². The fourth-order valence-electron chi connectivity index (χ4n) is 2.80. The number of rotatable bonds is 5. The Kier molecular flexibility index (Phi) is 4.38. The minimum atomic E-state index is 0.0895. The van der Waals surface area contributed by atoms with E-state index in [1.54, 1.807) is 11.3 Å². The molecule has 5 heteroatoms. The molecule has 2 aliphatic rings. The Labute approximate surface area is 124 Å². The molecular weight excluding hydrogens is 270 g/mol. The number of piperazine rings is 1. The van der Waals surface area contributed by atoms with Gasteiger partial charge in [0.1, 0.15) is 0 Å². The van der Waals surface area contributed by atoms with Crippen LogP contribution in [0.1, 0.15) is 24.1 Å². The zero-order valence-electron chi connectivity index (χ0n) is 11.8. The molecule has 1 aliphatic carbocycles. The van der Waals surface area contributed by atoms with Crippen LogP contribution in [0, 0.1) is 5.92 Å². The van der Waals surface area contributed by atoms with E-state index in [0.29, 0.717) is 12.3 Å². The second kappa shape index (κ2) is 6.24. The summed E-state index contributed by atoms with van der Waals surface area (Å²) in [5.41, 5.74) is 6.05. The molecule has 1 unspecified atom stereocenters. The first-order valence-electron chi connectivity index (χ1n) is 7.50. The molecule has 0 radical (unpaired) electrons. The van der Waals surface area contributed by atoms with Gasteiger partial charge in [-0.15, -0.1) is 11.3 Å². The number of carbonyl (C=O) groups is 1. The Morgan fingerprint density at radius 2 is 2.10 bits per heavy atom. The van der Waals surface area contributed by atoms with Crippen molar-refractivity contribution in [2.24, 2.45) is 11.7 Å². The first-order valence-corrected chi connectivity index (χ1v) is 8.38. The fraction of sp³-hybridized carbons (Fsp3) is 0.667. The number of thiophene rings is 1. The average Bonchev–Trinajstić information content (AvgIpc) is 3.19. The molecule has 1 saturated carbocycles. The van der Waals surface area contributed by atoms with Gasteiger partial charge in [0.25, 0.3) is 0 Å². The van der Waals surface area contributed by atoms with Crippen LogP contribution in [0.4, 0.5) is 0 Å².